The molecule has 0 amide bonds. The van der Waals surface area contributed by atoms with Crippen LogP contribution in [0.25, 0.3) is 0 Å². The molecule has 0 bridgehead atoms. The van der Waals surface area contributed by atoms with Crippen molar-refractivity contribution in [1.82, 2.24) is 0 Å². The molecule has 0 radical (unpaired) electrons. The van der Waals surface area contributed by atoms with E-state index in [1.807, 2.05) is 6.92 Å². The van der Waals surface area contributed by atoms with Gasteiger partial charge in [-0.2, -0.15) is 0 Å². The van der Waals surface area contributed by atoms with Gasteiger partial charge in [-0.25, -0.2) is 8.42 Å². The van der Waals surface area contributed by atoms with Gasteiger partial charge < -0.3 is 4.74 Å². The lowest BCUT2D eigenvalue weighted by molar-refractivity contribution is -0.385. The van der Waals surface area contributed by atoms with Crippen LogP contribution in [0.15, 0.2) is 82.7 Å². The average molecular weight is 425 g/mol. The SMILES string of the molecule is CCOc1ccc(NS(=O)(=O)c2ccc(N=Cc3ccccc3[N+](=O)[O-])cc2)cc1. The Morgan fingerprint density at radius 3 is 2.33 bits per heavy atom. The van der Waals surface area contributed by atoms with Crippen LogP contribution in [0.3, 0.4) is 0 Å². The highest BCUT2D eigenvalue weighted by molar-refractivity contribution is 7.92. The number of ether oxygens (including phenoxy) is 1. The van der Waals surface area contributed by atoms with Crippen molar-refractivity contribution in [1.29, 1.82) is 0 Å². The van der Waals surface area contributed by atoms with Gasteiger partial charge >= 0.3 is 0 Å². The maximum Gasteiger partial charge on any atom is 0.278 e. The molecular formula is C21H19N3O5S. The van der Waals surface area contributed by atoms with Crippen molar-refractivity contribution < 1.29 is 18.1 Å². The second kappa shape index (κ2) is 9.19. The highest BCUT2D eigenvalue weighted by atomic mass is 32.2. The van der Waals surface area contributed by atoms with E-state index in [0.29, 0.717) is 29.3 Å². The van der Waals surface area contributed by atoms with Crippen LogP contribution in [0, 0.1) is 10.1 Å². The van der Waals surface area contributed by atoms with E-state index in [0.717, 1.165) is 0 Å². The van der Waals surface area contributed by atoms with Gasteiger partial charge in [-0.15, -0.1) is 0 Å². The van der Waals surface area contributed by atoms with E-state index in [1.54, 1.807) is 42.5 Å². The third kappa shape index (κ3) is 5.21. The summed E-state index contributed by atoms with van der Waals surface area (Å²) in [6, 6.07) is 18.7. The van der Waals surface area contributed by atoms with E-state index in [9.17, 15) is 18.5 Å². The number of hydrogen-bond donors (Lipinski definition) is 1. The average Bonchev–Trinajstić information content (AvgIpc) is 2.74. The normalized spacial score (nSPS) is 11.4. The first-order valence-electron chi connectivity index (χ1n) is 9.02. The van der Waals surface area contributed by atoms with Gasteiger partial charge in [0.15, 0.2) is 0 Å². The number of hydrogen-bond acceptors (Lipinski definition) is 6. The Balaban J connectivity index is 1.74. The first kappa shape index (κ1) is 21.0. The van der Waals surface area contributed by atoms with Gasteiger partial charge in [0.1, 0.15) is 5.75 Å². The molecule has 0 aliphatic carbocycles. The highest BCUT2D eigenvalue weighted by Crippen LogP contribution is 2.22. The first-order valence-corrected chi connectivity index (χ1v) is 10.5. The third-order valence-corrected chi connectivity index (χ3v) is 5.45. The number of nitro benzene ring substituents is 1. The third-order valence-electron chi connectivity index (χ3n) is 4.05. The Bertz CT molecular complexity index is 1160. The van der Waals surface area contributed by atoms with Crippen molar-refractivity contribution in [2.75, 3.05) is 11.3 Å². The van der Waals surface area contributed by atoms with E-state index < -0.39 is 14.9 Å². The summed E-state index contributed by atoms with van der Waals surface area (Å²) in [5.41, 5.74) is 1.18. The predicted octanol–water partition coefficient (Wildman–Crippen LogP) is 4.54. The first-order chi connectivity index (χ1) is 14.4. The number of benzene rings is 3. The molecule has 0 unspecified atom stereocenters. The summed E-state index contributed by atoms with van der Waals surface area (Å²) in [5.74, 6) is 0.654. The minimum absolute atomic E-state index is 0.0556. The summed E-state index contributed by atoms with van der Waals surface area (Å²) < 4.78 is 33.0. The number of anilines is 1. The van der Waals surface area contributed by atoms with E-state index >= 15 is 0 Å². The fourth-order valence-electron chi connectivity index (χ4n) is 2.62. The van der Waals surface area contributed by atoms with Gasteiger partial charge in [0.05, 0.1) is 27.7 Å². The number of sulfonamides is 1. The van der Waals surface area contributed by atoms with Crippen LogP contribution in [0.1, 0.15) is 12.5 Å². The van der Waals surface area contributed by atoms with Crippen molar-refractivity contribution in [3.05, 3.63) is 88.5 Å². The number of para-hydroxylation sites is 1. The molecule has 9 heteroatoms. The molecule has 0 aliphatic heterocycles. The van der Waals surface area contributed by atoms with Gasteiger partial charge in [-0.1, -0.05) is 12.1 Å². The number of nitrogens with one attached hydrogen (secondary N) is 1. The van der Waals surface area contributed by atoms with Gasteiger partial charge in [0, 0.05) is 18.0 Å². The molecule has 0 heterocycles. The van der Waals surface area contributed by atoms with Crippen molar-refractivity contribution in [2.24, 2.45) is 4.99 Å². The Labute approximate surface area is 174 Å². The number of nitro groups is 1. The maximum absolute atomic E-state index is 12.6. The van der Waals surface area contributed by atoms with Crippen LogP contribution < -0.4 is 9.46 Å². The van der Waals surface area contributed by atoms with Gasteiger partial charge in [-0.3, -0.25) is 19.8 Å². The zero-order chi connectivity index (χ0) is 21.6. The second-order valence-electron chi connectivity index (χ2n) is 6.13. The van der Waals surface area contributed by atoms with Crippen LogP contribution in [0.2, 0.25) is 0 Å². The molecule has 0 atom stereocenters. The van der Waals surface area contributed by atoms with Crippen LogP contribution in [-0.2, 0) is 10.0 Å². The van der Waals surface area contributed by atoms with E-state index in [2.05, 4.69) is 9.71 Å². The van der Waals surface area contributed by atoms with Crippen LogP contribution >= 0.6 is 0 Å². The summed E-state index contributed by atoms with van der Waals surface area (Å²) in [6.07, 6.45) is 1.37. The van der Waals surface area contributed by atoms with Crippen LogP contribution in [0.4, 0.5) is 17.1 Å². The summed E-state index contributed by atoms with van der Waals surface area (Å²) in [5, 5.41) is 11.1. The summed E-state index contributed by atoms with van der Waals surface area (Å²) >= 11 is 0. The lowest BCUT2D eigenvalue weighted by atomic mass is 10.2. The zero-order valence-corrected chi connectivity index (χ0v) is 16.9. The molecule has 3 rings (SSSR count). The summed E-state index contributed by atoms with van der Waals surface area (Å²) in [4.78, 5) is 14.8. The number of aliphatic imine (C=N–C) groups is 1. The molecule has 0 aromatic heterocycles. The Morgan fingerprint density at radius 2 is 1.70 bits per heavy atom. The lowest BCUT2D eigenvalue weighted by Crippen LogP contribution is -2.12. The lowest BCUT2D eigenvalue weighted by Gasteiger charge is -2.09. The van der Waals surface area contributed by atoms with Gasteiger partial charge in [0.25, 0.3) is 15.7 Å². The molecular weight excluding hydrogens is 406 g/mol. The van der Waals surface area contributed by atoms with Gasteiger partial charge in [-0.05, 0) is 61.5 Å². The molecule has 154 valence electrons. The number of nitrogens with zero attached hydrogens (tertiary/aromatic N) is 2. The quantitative estimate of drug-likeness (QED) is 0.323. The summed E-state index contributed by atoms with van der Waals surface area (Å²) in [6.45, 7) is 2.39. The molecule has 30 heavy (non-hydrogen) atoms. The monoisotopic (exact) mass is 425 g/mol. The molecule has 0 fully saturated rings. The number of rotatable bonds is 8. The van der Waals surface area contributed by atoms with Gasteiger partial charge in [0.2, 0.25) is 0 Å². The van der Waals surface area contributed by atoms with E-state index in [4.69, 9.17) is 4.74 Å². The molecule has 0 saturated carbocycles. The minimum Gasteiger partial charge on any atom is -0.494 e. The fraction of sp³-hybridized carbons (Fsp3) is 0.0952. The standard InChI is InChI=1S/C21H19N3O5S/c1-2-29-19-11-7-18(8-12-19)23-30(27,28)20-13-9-17(10-14-20)22-15-16-5-3-4-6-21(16)24(25)26/h3-15,23H,2H2,1H3. The zero-order valence-electron chi connectivity index (χ0n) is 16.1. The Kier molecular flexibility index (Phi) is 6.43. The molecule has 0 saturated heterocycles. The largest absolute Gasteiger partial charge is 0.494 e. The molecule has 0 aliphatic rings. The fourth-order valence-corrected chi connectivity index (χ4v) is 3.68. The Morgan fingerprint density at radius 1 is 1.03 bits per heavy atom. The maximum atomic E-state index is 12.6. The highest BCUT2D eigenvalue weighted by Gasteiger charge is 2.14. The summed E-state index contributed by atoms with van der Waals surface area (Å²) in [7, 11) is -3.77. The van der Waals surface area contributed by atoms with E-state index in [1.165, 1.54) is 36.5 Å². The van der Waals surface area contributed by atoms with Crippen molar-refractivity contribution in [3.63, 3.8) is 0 Å². The minimum atomic E-state index is -3.77. The van der Waals surface area contributed by atoms with Crippen molar-refractivity contribution >= 4 is 33.3 Å². The molecule has 3 aromatic rings. The van der Waals surface area contributed by atoms with Crippen LogP contribution in [-0.4, -0.2) is 26.2 Å². The molecule has 8 nitrogen and oxygen atoms in total. The van der Waals surface area contributed by atoms with Crippen molar-refractivity contribution in [2.45, 2.75) is 11.8 Å². The van der Waals surface area contributed by atoms with Crippen LogP contribution in [0.5, 0.6) is 5.75 Å². The molecule has 0 spiro atoms. The molecule has 1 N–H and O–H groups in total. The van der Waals surface area contributed by atoms with E-state index in [-0.39, 0.29) is 10.6 Å². The molecule has 3 aromatic carbocycles. The Hall–Kier alpha value is -3.72. The predicted molar refractivity (Wildman–Crippen MR) is 115 cm³/mol. The van der Waals surface area contributed by atoms with Crippen molar-refractivity contribution in [3.8, 4) is 5.75 Å². The second-order valence-corrected chi connectivity index (χ2v) is 7.81. The topological polar surface area (TPSA) is 111 Å². The smallest absolute Gasteiger partial charge is 0.278 e.